The summed E-state index contributed by atoms with van der Waals surface area (Å²) in [6, 6.07) is 11.3. The van der Waals surface area contributed by atoms with Crippen LogP contribution >= 0.6 is 12.4 Å². The Hall–Kier alpha value is -1.47. The van der Waals surface area contributed by atoms with E-state index in [9.17, 15) is 8.42 Å². The largest absolute Gasteiger partial charge is 0.313 e. The molecule has 1 unspecified atom stereocenters. The zero-order valence-electron chi connectivity index (χ0n) is 13.6. The van der Waals surface area contributed by atoms with Crippen LogP contribution in [0.5, 0.6) is 0 Å². The molecule has 0 aliphatic carbocycles. The smallest absolute Gasteiger partial charge is 0.245 e. The molecule has 0 spiro atoms. The average molecular weight is 368 g/mol. The van der Waals surface area contributed by atoms with Crippen molar-refractivity contribution in [1.82, 2.24) is 14.6 Å². The van der Waals surface area contributed by atoms with Gasteiger partial charge < -0.3 is 5.32 Å². The van der Waals surface area contributed by atoms with E-state index in [1.165, 1.54) is 11.8 Å². The Balaban J connectivity index is 0.00000208. The maximum atomic E-state index is 13.0. The summed E-state index contributed by atoms with van der Waals surface area (Å²) in [5.41, 5.74) is 2.26. The molecule has 3 rings (SSSR count). The van der Waals surface area contributed by atoms with Gasteiger partial charge in [0, 0.05) is 32.0 Å². The van der Waals surface area contributed by atoms with Crippen LogP contribution in [0.4, 0.5) is 0 Å². The molecule has 1 atom stereocenters. The number of rotatable bonds is 4. The Morgan fingerprint density at radius 3 is 2.62 bits per heavy atom. The summed E-state index contributed by atoms with van der Waals surface area (Å²) in [5.74, 6) is 0. The molecule has 1 aromatic carbocycles. The lowest BCUT2D eigenvalue weighted by Crippen LogP contribution is -2.48. The Morgan fingerprint density at radius 1 is 1.25 bits per heavy atom. The molecular weight excluding hydrogens is 346 g/mol. The van der Waals surface area contributed by atoms with Gasteiger partial charge >= 0.3 is 0 Å². The quantitative estimate of drug-likeness (QED) is 0.901. The number of aryl methyl sites for hydroxylation is 1. The molecule has 0 amide bonds. The van der Waals surface area contributed by atoms with Crippen LogP contribution in [0, 0.1) is 0 Å². The van der Waals surface area contributed by atoms with Gasteiger partial charge in [-0.2, -0.15) is 4.31 Å². The minimum absolute atomic E-state index is 0. The van der Waals surface area contributed by atoms with E-state index in [2.05, 4.69) is 29.4 Å². The molecule has 7 heteroatoms. The van der Waals surface area contributed by atoms with Crippen LogP contribution in [0.2, 0.25) is 0 Å². The van der Waals surface area contributed by atoms with Gasteiger partial charge in [0.25, 0.3) is 0 Å². The van der Waals surface area contributed by atoms with E-state index in [4.69, 9.17) is 0 Å². The van der Waals surface area contributed by atoms with Crippen LogP contribution in [0.1, 0.15) is 24.1 Å². The lowest BCUT2D eigenvalue weighted by atomic mass is 10.0. The fourth-order valence-corrected chi connectivity index (χ4v) is 4.45. The zero-order chi connectivity index (χ0) is 16.3. The van der Waals surface area contributed by atoms with Crippen molar-refractivity contribution < 1.29 is 8.42 Å². The molecule has 0 radical (unpaired) electrons. The van der Waals surface area contributed by atoms with Gasteiger partial charge in [0.15, 0.2) is 0 Å². The number of benzene rings is 1. The van der Waals surface area contributed by atoms with Crippen molar-refractivity contribution in [3.8, 4) is 0 Å². The SMILES string of the molecule is CCc1ccc(C2CNCCN2S(=O)(=O)c2cccnc2)cc1.Cl. The highest BCUT2D eigenvalue weighted by Crippen LogP contribution is 2.28. The lowest BCUT2D eigenvalue weighted by Gasteiger charge is -2.35. The number of sulfonamides is 1. The number of nitrogens with zero attached hydrogens (tertiary/aromatic N) is 2. The summed E-state index contributed by atoms with van der Waals surface area (Å²) < 4.78 is 27.5. The van der Waals surface area contributed by atoms with Crippen molar-refractivity contribution in [2.45, 2.75) is 24.3 Å². The Kier molecular flexibility index (Phi) is 6.34. The van der Waals surface area contributed by atoms with Crippen molar-refractivity contribution in [3.63, 3.8) is 0 Å². The summed E-state index contributed by atoms with van der Waals surface area (Å²) in [5, 5.41) is 3.29. The number of piperazine rings is 1. The second kappa shape index (κ2) is 8.07. The third-order valence-electron chi connectivity index (χ3n) is 4.21. The molecule has 1 aliphatic rings. The molecule has 1 aromatic heterocycles. The third kappa shape index (κ3) is 3.78. The number of halogens is 1. The molecule has 1 aliphatic heterocycles. The second-order valence-corrected chi connectivity index (χ2v) is 7.51. The first-order chi connectivity index (χ1) is 11.1. The molecule has 0 bridgehead atoms. The number of hydrogen-bond acceptors (Lipinski definition) is 4. The first-order valence-corrected chi connectivity index (χ1v) is 9.28. The molecule has 130 valence electrons. The van der Waals surface area contributed by atoms with Crippen molar-refractivity contribution in [3.05, 3.63) is 59.9 Å². The van der Waals surface area contributed by atoms with E-state index >= 15 is 0 Å². The van der Waals surface area contributed by atoms with Gasteiger partial charge in [0.05, 0.1) is 6.04 Å². The van der Waals surface area contributed by atoms with Gasteiger partial charge in [-0.15, -0.1) is 12.4 Å². The van der Waals surface area contributed by atoms with E-state index < -0.39 is 10.0 Å². The van der Waals surface area contributed by atoms with E-state index in [1.54, 1.807) is 22.6 Å². The normalized spacial score (nSPS) is 18.8. The third-order valence-corrected chi connectivity index (χ3v) is 6.10. The summed E-state index contributed by atoms with van der Waals surface area (Å²) >= 11 is 0. The summed E-state index contributed by atoms with van der Waals surface area (Å²) in [6.07, 6.45) is 3.97. The maximum Gasteiger partial charge on any atom is 0.245 e. The minimum Gasteiger partial charge on any atom is -0.313 e. The van der Waals surface area contributed by atoms with E-state index in [0.717, 1.165) is 12.0 Å². The number of pyridine rings is 1. The van der Waals surface area contributed by atoms with E-state index in [1.807, 2.05) is 12.1 Å². The van der Waals surface area contributed by atoms with Crippen LogP contribution in [0.15, 0.2) is 53.7 Å². The molecule has 5 nitrogen and oxygen atoms in total. The monoisotopic (exact) mass is 367 g/mol. The molecule has 1 saturated heterocycles. The van der Waals surface area contributed by atoms with Gasteiger partial charge in [0.2, 0.25) is 10.0 Å². The Labute approximate surface area is 149 Å². The predicted molar refractivity (Wildman–Crippen MR) is 96.8 cm³/mol. The standard InChI is InChI=1S/C17H21N3O2S.ClH/c1-2-14-5-7-15(8-6-14)17-13-19-10-11-20(17)23(21,22)16-4-3-9-18-12-16;/h3-9,12,17,19H,2,10-11,13H2,1H3;1H. The highest BCUT2D eigenvalue weighted by atomic mass is 35.5. The molecule has 1 fully saturated rings. The summed E-state index contributed by atoms with van der Waals surface area (Å²) in [7, 11) is -3.54. The summed E-state index contributed by atoms with van der Waals surface area (Å²) in [6.45, 7) is 3.84. The average Bonchev–Trinajstić information content (AvgIpc) is 2.62. The van der Waals surface area contributed by atoms with Crippen LogP contribution < -0.4 is 5.32 Å². The lowest BCUT2D eigenvalue weighted by molar-refractivity contribution is 0.271. The minimum atomic E-state index is -3.54. The van der Waals surface area contributed by atoms with E-state index in [0.29, 0.717) is 19.6 Å². The van der Waals surface area contributed by atoms with Crippen molar-refractivity contribution in [2.24, 2.45) is 0 Å². The number of hydrogen-bond donors (Lipinski definition) is 1. The first-order valence-electron chi connectivity index (χ1n) is 7.84. The fraction of sp³-hybridized carbons (Fsp3) is 0.353. The number of aromatic nitrogens is 1. The van der Waals surface area contributed by atoms with Crippen LogP contribution in [0.25, 0.3) is 0 Å². The molecule has 1 N–H and O–H groups in total. The molecular formula is C17H22ClN3O2S. The molecule has 2 heterocycles. The highest BCUT2D eigenvalue weighted by Gasteiger charge is 2.34. The van der Waals surface area contributed by atoms with Crippen molar-refractivity contribution in [2.75, 3.05) is 19.6 Å². The van der Waals surface area contributed by atoms with Gasteiger partial charge in [-0.05, 0) is 29.7 Å². The highest BCUT2D eigenvalue weighted by molar-refractivity contribution is 7.89. The topological polar surface area (TPSA) is 62.3 Å². The Morgan fingerprint density at radius 2 is 2.00 bits per heavy atom. The molecule has 24 heavy (non-hydrogen) atoms. The van der Waals surface area contributed by atoms with Crippen LogP contribution in [-0.4, -0.2) is 37.3 Å². The van der Waals surface area contributed by atoms with Crippen molar-refractivity contribution >= 4 is 22.4 Å². The van der Waals surface area contributed by atoms with Crippen LogP contribution in [-0.2, 0) is 16.4 Å². The predicted octanol–water partition coefficient (Wildman–Crippen LogP) is 2.40. The summed E-state index contributed by atoms with van der Waals surface area (Å²) in [4.78, 5) is 4.19. The van der Waals surface area contributed by atoms with Gasteiger partial charge in [-0.3, -0.25) is 4.98 Å². The molecule has 0 saturated carbocycles. The Bertz CT molecular complexity index is 751. The zero-order valence-corrected chi connectivity index (χ0v) is 15.2. The fourth-order valence-electron chi connectivity index (χ4n) is 2.87. The van der Waals surface area contributed by atoms with Crippen molar-refractivity contribution in [1.29, 1.82) is 0 Å². The first kappa shape index (κ1) is 18.9. The van der Waals surface area contributed by atoms with Gasteiger partial charge in [0.1, 0.15) is 4.90 Å². The molecule has 2 aromatic rings. The van der Waals surface area contributed by atoms with E-state index in [-0.39, 0.29) is 23.3 Å². The maximum absolute atomic E-state index is 13.0. The van der Waals surface area contributed by atoms with Crippen LogP contribution in [0.3, 0.4) is 0 Å². The van der Waals surface area contributed by atoms with Gasteiger partial charge in [-0.1, -0.05) is 31.2 Å². The number of nitrogens with one attached hydrogen (secondary N) is 1. The second-order valence-electron chi connectivity index (χ2n) is 5.62. The van der Waals surface area contributed by atoms with Gasteiger partial charge in [-0.25, -0.2) is 8.42 Å².